The van der Waals surface area contributed by atoms with Crippen molar-refractivity contribution in [2.45, 2.75) is 31.9 Å². The number of likely N-dealkylation sites (tertiary alicyclic amines) is 1. The second kappa shape index (κ2) is 5.10. The van der Waals surface area contributed by atoms with Crippen LogP contribution in [0.15, 0.2) is 24.4 Å². The lowest BCUT2D eigenvalue weighted by atomic mass is 9.80. The molecule has 3 heterocycles. The maximum absolute atomic E-state index is 6.02. The molecule has 2 aliphatic heterocycles. The lowest BCUT2D eigenvalue weighted by Crippen LogP contribution is -2.66. The second-order valence-electron chi connectivity index (χ2n) is 5.88. The third kappa shape index (κ3) is 2.47. The summed E-state index contributed by atoms with van der Waals surface area (Å²) in [6.07, 6.45) is 2.86. The monoisotopic (exact) mass is 262 g/mol. The number of nitrogens with zero attached hydrogens (tertiary/aromatic N) is 2. The lowest BCUT2D eigenvalue weighted by molar-refractivity contribution is -0.147. The fourth-order valence-electron chi connectivity index (χ4n) is 2.99. The van der Waals surface area contributed by atoms with E-state index in [0.717, 1.165) is 26.1 Å². The van der Waals surface area contributed by atoms with E-state index < -0.39 is 0 Å². The average molecular weight is 262 g/mol. The molecule has 2 saturated heterocycles. The van der Waals surface area contributed by atoms with Crippen molar-refractivity contribution in [2.75, 3.05) is 26.3 Å². The van der Waals surface area contributed by atoms with E-state index in [2.05, 4.69) is 23.7 Å². The molecule has 1 unspecified atom stereocenters. The second-order valence-corrected chi connectivity index (χ2v) is 5.88. The molecule has 1 aromatic rings. The van der Waals surface area contributed by atoms with E-state index in [-0.39, 0.29) is 5.60 Å². The molecule has 1 atom stereocenters. The van der Waals surface area contributed by atoms with E-state index in [0.29, 0.717) is 24.4 Å². The molecule has 4 nitrogen and oxygen atoms in total. The summed E-state index contributed by atoms with van der Waals surface area (Å²) in [7, 11) is 0. The molecule has 0 N–H and O–H groups in total. The molecule has 0 radical (unpaired) electrons. The highest BCUT2D eigenvalue weighted by Gasteiger charge is 2.53. The van der Waals surface area contributed by atoms with E-state index in [1.807, 2.05) is 18.2 Å². The zero-order valence-electron chi connectivity index (χ0n) is 11.7. The topological polar surface area (TPSA) is 34.6 Å². The first-order valence-electron chi connectivity index (χ1n) is 7.11. The van der Waals surface area contributed by atoms with Crippen LogP contribution < -0.4 is 4.74 Å². The van der Waals surface area contributed by atoms with Crippen molar-refractivity contribution in [3.05, 3.63) is 24.4 Å². The van der Waals surface area contributed by atoms with Crippen LogP contribution in [0.2, 0.25) is 0 Å². The zero-order valence-corrected chi connectivity index (χ0v) is 11.7. The molecule has 104 valence electrons. The third-order valence-corrected chi connectivity index (χ3v) is 4.34. The molecule has 0 bridgehead atoms. The first kappa shape index (κ1) is 12.9. The first-order chi connectivity index (χ1) is 9.20. The van der Waals surface area contributed by atoms with Gasteiger partial charge in [0.1, 0.15) is 0 Å². The maximum atomic E-state index is 6.02. The lowest BCUT2D eigenvalue weighted by Gasteiger charge is -2.52. The van der Waals surface area contributed by atoms with Gasteiger partial charge in [0.25, 0.3) is 0 Å². The van der Waals surface area contributed by atoms with Crippen LogP contribution in [0.25, 0.3) is 0 Å². The summed E-state index contributed by atoms with van der Waals surface area (Å²) in [6.45, 7) is 8.13. The molecular formula is C15H22N2O2. The Labute approximate surface area is 114 Å². The summed E-state index contributed by atoms with van der Waals surface area (Å²) in [5.41, 5.74) is 0.0407. The van der Waals surface area contributed by atoms with Gasteiger partial charge in [0.15, 0.2) is 0 Å². The molecule has 3 rings (SSSR count). The Hall–Kier alpha value is -1.13. The summed E-state index contributed by atoms with van der Waals surface area (Å²) in [5, 5.41) is 0. The van der Waals surface area contributed by atoms with E-state index in [4.69, 9.17) is 9.47 Å². The summed E-state index contributed by atoms with van der Waals surface area (Å²) in [6, 6.07) is 6.36. The highest BCUT2D eigenvalue weighted by atomic mass is 16.5. The van der Waals surface area contributed by atoms with Crippen LogP contribution in [0.4, 0.5) is 0 Å². The van der Waals surface area contributed by atoms with E-state index >= 15 is 0 Å². The van der Waals surface area contributed by atoms with Crippen molar-refractivity contribution < 1.29 is 9.47 Å². The molecule has 4 heteroatoms. The Bertz CT molecular complexity index is 415. The van der Waals surface area contributed by atoms with Crippen LogP contribution in [0.1, 0.15) is 20.3 Å². The van der Waals surface area contributed by atoms with Crippen molar-refractivity contribution in [1.82, 2.24) is 9.88 Å². The van der Waals surface area contributed by atoms with Crippen LogP contribution in [-0.2, 0) is 4.74 Å². The normalized spacial score (nSPS) is 25.7. The van der Waals surface area contributed by atoms with E-state index in [1.54, 1.807) is 6.20 Å². The largest absolute Gasteiger partial charge is 0.477 e. The van der Waals surface area contributed by atoms with E-state index in [1.165, 1.54) is 0 Å². The van der Waals surface area contributed by atoms with Crippen LogP contribution in [0, 0.1) is 5.92 Å². The van der Waals surface area contributed by atoms with Gasteiger partial charge in [0, 0.05) is 43.9 Å². The van der Waals surface area contributed by atoms with Gasteiger partial charge in [-0.3, -0.25) is 4.90 Å². The van der Waals surface area contributed by atoms with Crippen LogP contribution >= 0.6 is 0 Å². The molecule has 2 fully saturated rings. The molecule has 0 saturated carbocycles. The van der Waals surface area contributed by atoms with Crippen molar-refractivity contribution in [3.8, 4) is 5.88 Å². The minimum atomic E-state index is 0.0407. The summed E-state index contributed by atoms with van der Waals surface area (Å²) >= 11 is 0. The highest BCUT2D eigenvalue weighted by molar-refractivity contribution is 5.10. The Morgan fingerprint density at radius 1 is 1.47 bits per heavy atom. The maximum Gasteiger partial charge on any atom is 0.213 e. The van der Waals surface area contributed by atoms with Gasteiger partial charge in [-0.15, -0.1) is 0 Å². The predicted molar refractivity (Wildman–Crippen MR) is 73.2 cm³/mol. The van der Waals surface area contributed by atoms with Gasteiger partial charge in [0.05, 0.1) is 12.2 Å². The Morgan fingerprint density at radius 2 is 2.32 bits per heavy atom. The zero-order chi connectivity index (χ0) is 13.3. The summed E-state index contributed by atoms with van der Waals surface area (Å²) < 4.78 is 11.8. The molecule has 0 aromatic carbocycles. The SMILES string of the molecule is CC(C)N1CC2(C1)OCCC2COc1ccccn1. The van der Waals surface area contributed by atoms with Crippen LogP contribution in [0.5, 0.6) is 5.88 Å². The molecule has 19 heavy (non-hydrogen) atoms. The molecule has 0 aliphatic carbocycles. The van der Waals surface area contributed by atoms with Gasteiger partial charge in [-0.2, -0.15) is 0 Å². The average Bonchev–Trinajstić information content (AvgIpc) is 2.79. The van der Waals surface area contributed by atoms with Crippen molar-refractivity contribution in [1.29, 1.82) is 0 Å². The van der Waals surface area contributed by atoms with Crippen molar-refractivity contribution >= 4 is 0 Å². The summed E-state index contributed by atoms with van der Waals surface area (Å²) in [4.78, 5) is 6.66. The Kier molecular flexibility index (Phi) is 3.46. The quantitative estimate of drug-likeness (QED) is 0.831. The molecule has 1 spiro atoms. The van der Waals surface area contributed by atoms with Gasteiger partial charge in [-0.25, -0.2) is 4.98 Å². The van der Waals surface area contributed by atoms with Gasteiger partial charge in [-0.1, -0.05) is 6.07 Å². The van der Waals surface area contributed by atoms with Crippen LogP contribution in [0.3, 0.4) is 0 Å². The van der Waals surface area contributed by atoms with Gasteiger partial charge >= 0.3 is 0 Å². The van der Waals surface area contributed by atoms with E-state index in [9.17, 15) is 0 Å². The molecular weight excluding hydrogens is 240 g/mol. The number of pyridine rings is 1. The minimum Gasteiger partial charge on any atom is -0.477 e. The number of ether oxygens (including phenoxy) is 2. The molecule has 0 amide bonds. The third-order valence-electron chi connectivity index (χ3n) is 4.34. The fraction of sp³-hybridized carbons (Fsp3) is 0.667. The number of hydrogen-bond acceptors (Lipinski definition) is 4. The van der Waals surface area contributed by atoms with Crippen molar-refractivity contribution in [2.24, 2.45) is 5.92 Å². The number of rotatable bonds is 4. The molecule has 1 aromatic heterocycles. The standard InChI is InChI=1S/C15H22N2O2/c1-12(2)17-10-15(11-17)13(6-8-19-15)9-18-14-5-3-4-7-16-14/h3-5,7,12-13H,6,8-11H2,1-2H3. The number of aromatic nitrogens is 1. The Morgan fingerprint density at radius 3 is 3.00 bits per heavy atom. The fourth-order valence-corrected chi connectivity index (χ4v) is 2.99. The Balaban J connectivity index is 1.56. The summed E-state index contributed by atoms with van der Waals surface area (Å²) in [5.74, 6) is 1.20. The molecule has 2 aliphatic rings. The van der Waals surface area contributed by atoms with Gasteiger partial charge < -0.3 is 9.47 Å². The first-order valence-corrected chi connectivity index (χ1v) is 7.11. The number of hydrogen-bond donors (Lipinski definition) is 0. The van der Waals surface area contributed by atoms with Crippen LogP contribution in [-0.4, -0.2) is 47.8 Å². The predicted octanol–water partition coefficient (Wildman–Crippen LogP) is 1.96. The van der Waals surface area contributed by atoms with Crippen molar-refractivity contribution in [3.63, 3.8) is 0 Å². The smallest absolute Gasteiger partial charge is 0.213 e. The highest BCUT2D eigenvalue weighted by Crippen LogP contribution is 2.40. The minimum absolute atomic E-state index is 0.0407. The van der Waals surface area contributed by atoms with Gasteiger partial charge in [-0.05, 0) is 26.3 Å². The van der Waals surface area contributed by atoms with Gasteiger partial charge in [0.2, 0.25) is 5.88 Å².